The van der Waals surface area contributed by atoms with E-state index >= 15 is 0 Å². The molecule has 0 spiro atoms. The topological polar surface area (TPSA) is 37.4 Å². The molecule has 4 rings (SSSR count). The minimum atomic E-state index is -3.51. The van der Waals surface area contributed by atoms with E-state index in [4.69, 9.17) is 11.6 Å². The maximum absolute atomic E-state index is 14.7. The molecule has 0 aliphatic carbocycles. The molecule has 0 saturated carbocycles. The van der Waals surface area contributed by atoms with Crippen molar-refractivity contribution >= 4 is 27.1 Å². The van der Waals surface area contributed by atoms with Crippen LogP contribution in [0.2, 0.25) is 5.02 Å². The molecule has 1 aliphatic heterocycles. The summed E-state index contributed by atoms with van der Waals surface area (Å²) in [5.74, 6) is -0.424. The summed E-state index contributed by atoms with van der Waals surface area (Å²) >= 11 is 5.95. The average molecular weight is 458 g/mol. The standard InChI is InChI=1S/C25H25ClFNO2S/c1-18-9-12-21(13-10-18)31(29,30)17-19-6-2-3-7-24(19)28-15-5-4-8-25(28)22-14-11-20(26)16-23(22)27/h2-3,6-7,9-14,16,25H,4-5,8,15,17H2,1H3. The summed E-state index contributed by atoms with van der Waals surface area (Å²) in [4.78, 5) is 2.46. The van der Waals surface area contributed by atoms with E-state index in [-0.39, 0.29) is 17.6 Å². The van der Waals surface area contributed by atoms with E-state index in [2.05, 4.69) is 4.90 Å². The second-order valence-corrected chi connectivity index (χ2v) is 10.5. The number of rotatable bonds is 5. The third-order valence-corrected chi connectivity index (χ3v) is 7.77. The highest BCUT2D eigenvalue weighted by Gasteiger charge is 2.29. The van der Waals surface area contributed by atoms with Gasteiger partial charge in [0.2, 0.25) is 0 Å². The largest absolute Gasteiger partial charge is 0.364 e. The molecule has 1 fully saturated rings. The van der Waals surface area contributed by atoms with Gasteiger partial charge in [-0.1, -0.05) is 53.6 Å². The van der Waals surface area contributed by atoms with Gasteiger partial charge < -0.3 is 4.90 Å². The number of sulfone groups is 1. The second kappa shape index (κ2) is 9.01. The molecule has 1 unspecified atom stereocenters. The number of para-hydroxylation sites is 1. The molecule has 6 heteroatoms. The Hall–Kier alpha value is -2.37. The molecule has 0 aromatic heterocycles. The van der Waals surface area contributed by atoms with Crippen molar-refractivity contribution in [1.29, 1.82) is 0 Å². The molecule has 162 valence electrons. The van der Waals surface area contributed by atoms with Crippen molar-refractivity contribution in [2.24, 2.45) is 0 Å². The number of benzene rings is 3. The molecule has 1 aliphatic rings. The fourth-order valence-electron chi connectivity index (χ4n) is 4.26. The van der Waals surface area contributed by atoms with Crippen LogP contribution in [0, 0.1) is 12.7 Å². The monoisotopic (exact) mass is 457 g/mol. The minimum Gasteiger partial charge on any atom is -0.364 e. The number of hydrogen-bond acceptors (Lipinski definition) is 3. The first kappa shape index (κ1) is 21.8. The second-order valence-electron chi connectivity index (χ2n) is 8.07. The Morgan fingerprint density at radius 2 is 1.77 bits per heavy atom. The Bertz CT molecular complexity index is 1180. The predicted octanol–water partition coefficient (Wildman–Crippen LogP) is 6.49. The van der Waals surface area contributed by atoms with E-state index in [1.165, 1.54) is 6.07 Å². The van der Waals surface area contributed by atoms with Crippen LogP contribution in [0.25, 0.3) is 0 Å². The molecule has 0 radical (unpaired) electrons. The van der Waals surface area contributed by atoms with Crippen LogP contribution in [0.3, 0.4) is 0 Å². The van der Waals surface area contributed by atoms with Gasteiger partial charge in [-0.15, -0.1) is 0 Å². The lowest BCUT2D eigenvalue weighted by molar-refractivity contribution is 0.455. The van der Waals surface area contributed by atoms with Gasteiger partial charge in [0.05, 0.1) is 16.7 Å². The maximum Gasteiger partial charge on any atom is 0.182 e. The van der Waals surface area contributed by atoms with E-state index < -0.39 is 9.84 Å². The lowest BCUT2D eigenvalue weighted by atomic mass is 9.93. The first-order chi connectivity index (χ1) is 14.8. The van der Waals surface area contributed by atoms with Crippen LogP contribution >= 0.6 is 11.6 Å². The van der Waals surface area contributed by atoms with Crippen LogP contribution in [-0.4, -0.2) is 15.0 Å². The minimum absolute atomic E-state index is 0.0987. The van der Waals surface area contributed by atoms with Crippen LogP contribution in [0.1, 0.15) is 42.0 Å². The highest BCUT2D eigenvalue weighted by molar-refractivity contribution is 7.90. The van der Waals surface area contributed by atoms with E-state index in [1.54, 1.807) is 24.3 Å². The van der Waals surface area contributed by atoms with Crippen molar-refractivity contribution < 1.29 is 12.8 Å². The van der Waals surface area contributed by atoms with E-state index in [0.717, 1.165) is 42.6 Å². The van der Waals surface area contributed by atoms with E-state index in [1.807, 2.05) is 43.3 Å². The summed E-state index contributed by atoms with van der Waals surface area (Å²) in [7, 11) is -3.51. The Balaban J connectivity index is 1.70. The zero-order valence-electron chi connectivity index (χ0n) is 17.4. The normalized spacial score (nSPS) is 17.0. The first-order valence-corrected chi connectivity index (χ1v) is 12.5. The lowest BCUT2D eigenvalue weighted by Gasteiger charge is -2.39. The number of anilines is 1. The molecule has 1 atom stereocenters. The van der Waals surface area contributed by atoms with Gasteiger partial charge in [0, 0.05) is 22.8 Å². The van der Waals surface area contributed by atoms with Crippen molar-refractivity contribution in [2.45, 2.75) is 42.9 Å². The SMILES string of the molecule is Cc1ccc(S(=O)(=O)Cc2ccccc2N2CCCCC2c2ccc(Cl)cc2F)cc1. The van der Waals surface area contributed by atoms with Gasteiger partial charge in [0.1, 0.15) is 5.82 Å². The number of nitrogens with zero attached hydrogens (tertiary/aromatic N) is 1. The Kier molecular flexibility index (Phi) is 6.35. The molecule has 3 aromatic carbocycles. The van der Waals surface area contributed by atoms with Crippen molar-refractivity contribution in [3.63, 3.8) is 0 Å². The summed E-state index contributed by atoms with van der Waals surface area (Å²) in [6.07, 6.45) is 2.77. The summed E-state index contributed by atoms with van der Waals surface area (Å²) in [5, 5.41) is 0.369. The van der Waals surface area contributed by atoms with Crippen molar-refractivity contribution in [2.75, 3.05) is 11.4 Å². The van der Waals surface area contributed by atoms with Gasteiger partial charge in [0.15, 0.2) is 9.84 Å². The summed E-state index contributed by atoms with van der Waals surface area (Å²) < 4.78 is 40.9. The average Bonchev–Trinajstić information content (AvgIpc) is 2.74. The van der Waals surface area contributed by atoms with Crippen LogP contribution < -0.4 is 4.90 Å². The van der Waals surface area contributed by atoms with Crippen molar-refractivity contribution in [3.8, 4) is 0 Å². The highest BCUT2D eigenvalue weighted by atomic mass is 35.5. The first-order valence-electron chi connectivity index (χ1n) is 10.4. The van der Waals surface area contributed by atoms with Gasteiger partial charge in [-0.3, -0.25) is 0 Å². The lowest BCUT2D eigenvalue weighted by Crippen LogP contribution is -2.34. The molecule has 3 nitrogen and oxygen atoms in total. The fraction of sp³-hybridized carbons (Fsp3) is 0.280. The zero-order chi connectivity index (χ0) is 22.0. The number of halogens is 2. The van der Waals surface area contributed by atoms with Gasteiger partial charge >= 0.3 is 0 Å². The molecule has 1 heterocycles. The van der Waals surface area contributed by atoms with Gasteiger partial charge in [0.25, 0.3) is 0 Å². The molecule has 1 saturated heterocycles. The zero-order valence-corrected chi connectivity index (χ0v) is 19.0. The van der Waals surface area contributed by atoms with Gasteiger partial charge in [-0.25, -0.2) is 12.8 Å². The Morgan fingerprint density at radius 1 is 1.03 bits per heavy atom. The number of hydrogen-bond donors (Lipinski definition) is 0. The quantitative estimate of drug-likeness (QED) is 0.439. The number of aryl methyl sites for hydroxylation is 1. The molecule has 3 aromatic rings. The summed E-state index contributed by atoms with van der Waals surface area (Å²) in [6, 6.07) is 19.1. The van der Waals surface area contributed by atoms with Crippen molar-refractivity contribution in [3.05, 3.63) is 94.3 Å². The molecule has 0 N–H and O–H groups in total. The van der Waals surface area contributed by atoms with Crippen LogP contribution in [0.15, 0.2) is 71.6 Å². The smallest absolute Gasteiger partial charge is 0.182 e. The molecular weight excluding hydrogens is 433 g/mol. The van der Waals surface area contributed by atoms with Gasteiger partial charge in [-0.05, 0) is 62.1 Å². The molecule has 31 heavy (non-hydrogen) atoms. The third kappa shape index (κ3) is 4.78. The molecule has 0 bridgehead atoms. The van der Waals surface area contributed by atoms with Crippen molar-refractivity contribution in [1.82, 2.24) is 0 Å². The summed E-state index contributed by atoms with van der Waals surface area (Å²) in [5.41, 5.74) is 3.18. The van der Waals surface area contributed by atoms with Crippen LogP contribution in [0.5, 0.6) is 0 Å². The molecular formula is C25H25ClFNO2S. The predicted molar refractivity (Wildman–Crippen MR) is 124 cm³/mol. The van der Waals surface area contributed by atoms with Crippen LogP contribution in [0.4, 0.5) is 10.1 Å². The fourth-order valence-corrected chi connectivity index (χ4v) is 5.79. The number of piperidine rings is 1. The maximum atomic E-state index is 14.7. The third-order valence-electron chi connectivity index (χ3n) is 5.85. The van der Waals surface area contributed by atoms with Gasteiger partial charge in [-0.2, -0.15) is 0 Å². The summed E-state index contributed by atoms with van der Waals surface area (Å²) in [6.45, 7) is 2.67. The van der Waals surface area contributed by atoms with E-state index in [9.17, 15) is 12.8 Å². The Labute approximate surface area is 188 Å². The Morgan fingerprint density at radius 3 is 2.52 bits per heavy atom. The highest BCUT2D eigenvalue weighted by Crippen LogP contribution is 2.38. The van der Waals surface area contributed by atoms with Crippen LogP contribution in [-0.2, 0) is 15.6 Å². The molecule has 0 amide bonds. The van der Waals surface area contributed by atoms with E-state index in [0.29, 0.717) is 15.5 Å².